The van der Waals surface area contributed by atoms with Crippen molar-refractivity contribution in [2.75, 3.05) is 13.1 Å². The molecule has 1 heterocycles. The minimum Gasteiger partial charge on any atom is -0.481 e. The van der Waals surface area contributed by atoms with Gasteiger partial charge in [-0.15, -0.1) is 0 Å². The molecule has 1 aromatic rings. The summed E-state index contributed by atoms with van der Waals surface area (Å²) in [4.78, 5) is 25.2. The van der Waals surface area contributed by atoms with Gasteiger partial charge in [0, 0.05) is 18.7 Å². The van der Waals surface area contributed by atoms with Crippen LogP contribution in [-0.2, 0) is 17.6 Å². The normalized spacial score (nSPS) is 21.5. The van der Waals surface area contributed by atoms with E-state index in [1.807, 2.05) is 12.1 Å². The second-order valence-corrected chi connectivity index (χ2v) is 5.37. The van der Waals surface area contributed by atoms with Crippen LogP contribution < -0.4 is 0 Å². The van der Waals surface area contributed by atoms with Crippen LogP contribution in [0.5, 0.6) is 0 Å². The summed E-state index contributed by atoms with van der Waals surface area (Å²) in [5, 5.41) is 9.00. The Bertz CT molecular complexity index is 538. The van der Waals surface area contributed by atoms with Gasteiger partial charge < -0.3 is 10.0 Å². The Hall–Kier alpha value is -1.84. The quantitative estimate of drug-likeness (QED) is 0.879. The number of carboxylic acid groups (broad SMARTS) is 1. The highest BCUT2D eigenvalue weighted by Gasteiger charge is 2.32. The maximum absolute atomic E-state index is 12.5. The molecule has 1 N–H and O–H groups in total. The summed E-state index contributed by atoms with van der Waals surface area (Å²) in [5.74, 6) is -1.20. The lowest BCUT2D eigenvalue weighted by Crippen LogP contribution is -2.30. The Balaban J connectivity index is 1.82. The van der Waals surface area contributed by atoms with Crippen molar-refractivity contribution in [3.05, 3.63) is 34.9 Å². The summed E-state index contributed by atoms with van der Waals surface area (Å²) < 4.78 is 0. The van der Waals surface area contributed by atoms with Crippen molar-refractivity contribution >= 4 is 11.9 Å². The van der Waals surface area contributed by atoms with E-state index in [4.69, 9.17) is 5.11 Å². The number of aliphatic carboxylic acids is 1. The number of likely N-dealkylation sites (tertiary alicyclic amines) is 1. The van der Waals surface area contributed by atoms with Crippen LogP contribution in [0.25, 0.3) is 0 Å². The highest BCUT2D eigenvalue weighted by molar-refractivity contribution is 5.96. The highest BCUT2D eigenvalue weighted by Crippen LogP contribution is 2.27. The molecule has 2 aliphatic rings. The van der Waals surface area contributed by atoms with Crippen LogP contribution in [0.2, 0.25) is 0 Å². The number of carboxylic acids is 1. The maximum atomic E-state index is 12.5. The topological polar surface area (TPSA) is 57.6 Å². The van der Waals surface area contributed by atoms with E-state index in [0.717, 1.165) is 24.8 Å². The van der Waals surface area contributed by atoms with Gasteiger partial charge in [0.25, 0.3) is 5.91 Å². The zero-order valence-electron chi connectivity index (χ0n) is 10.8. The van der Waals surface area contributed by atoms with Gasteiger partial charge in [-0.05, 0) is 42.9 Å². The van der Waals surface area contributed by atoms with Crippen LogP contribution in [0.3, 0.4) is 0 Å². The number of carbonyl (C=O) groups is 2. The van der Waals surface area contributed by atoms with Gasteiger partial charge in [-0.25, -0.2) is 0 Å². The fourth-order valence-corrected chi connectivity index (χ4v) is 3.14. The summed E-state index contributed by atoms with van der Waals surface area (Å²) in [6.45, 7) is 0.900. The van der Waals surface area contributed by atoms with Gasteiger partial charge in [-0.1, -0.05) is 12.1 Å². The molecule has 100 valence electrons. The van der Waals surface area contributed by atoms with Crippen LogP contribution in [0.4, 0.5) is 0 Å². The fourth-order valence-electron chi connectivity index (χ4n) is 3.14. The summed E-state index contributed by atoms with van der Waals surface area (Å²) in [7, 11) is 0. The first-order valence-corrected chi connectivity index (χ1v) is 6.79. The third-order valence-electron chi connectivity index (χ3n) is 4.20. The van der Waals surface area contributed by atoms with Crippen molar-refractivity contribution in [1.29, 1.82) is 0 Å². The number of aryl methyl sites for hydroxylation is 1. The number of amides is 1. The molecule has 1 fully saturated rings. The Morgan fingerprint density at radius 2 is 2.11 bits per heavy atom. The molecule has 19 heavy (non-hydrogen) atoms. The number of hydrogen-bond donors (Lipinski definition) is 1. The Labute approximate surface area is 112 Å². The third kappa shape index (κ3) is 2.11. The van der Waals surface area contributed by atoms with E-state index in [-0.39, 0.29) is 5.91 Å². The van der Waals surface area contributed by atoms with Crippen molar-refractivity contribution in [3.63, 3.8) is 0 Å². The predicted octanol–water partition coefficient (Wildman–Crippen LogP) is 1.72. The minimum atomic E-state index is -0.798. The number of hydrogen-bond acceptors (Lipinski definition) is 2. The molecular weight excluding hydrogens is 242 g/mol. The second kappa shape index (κ2) is 4.68. The monoisotopic (exact) mass is 259 g/mol. The van der Waals surface area contributed by atoms with Gasteiger partial charge in [-0.2, -0.15) is 0 Å². The molecule has 0 saturated carbocycles. The third-order valence-corrected chi connectivity index (χ3v) is 4.20. The smallest absolute Gasteiger partial charge is 0.308 e. The van der Waals surface area contributed by atoms with Crippen molar-refractivity contribution in [1.82, 2.24) is 4.90 Å². The van der Waals surface area contributed by atoms with E-state index in [1.54, 1.807) is 4.90 Å². The Kier molecular flexibility index (Phi) is 3.01. The van der Waals surface area contributed by atoms with Crippen molar-refractivity contribution in [2.24, 2.45) is 5.92 Å². The SMILES string of the molecule is O=C(O)[C@H]1CCN(C(=O)c2cccc3c2CCC3)C1. The molecule has 0 radical (unpaired) electrons. The standard InChI is InChI=1S/C15H17NO3/c17-14(16-8-7-11(9-16)15(18)19)13-6-2-4-10-3-1-5-12(10)13/h2,4,6,11H,1,3,5,7-9H2,(H,18,19)/t11-/m0/s1. The molecule has 4 heteroatoms. The van der Waals surface area contributed by atoms with E-state index in [1.165, 1.54) is 11.1 Å². The summed E-state index contributed by atoms with van der Waals surface area (Å²) >= 11 is 0. The molecule has 4 nitrogen and oxygen atoms in total. The molecule has 1 aliphatic carbocycles. The van der Waals surface area contributed by atoms with Gasteiger partial charge >= 0.3 is 5.97 Å². The summed E-state index contributed by atoms with van der Waals surface area (Å²) in [5.41, 5.74) is 3.23. The fraction of sp³-hybridized carbons (Fsp3) is 0.467. The molecule has 0 bridgehead atoms. The van der Waals surface area contributed by atoms with E-state index in [9.17, 15) is 9.59 Å². The van der Waals surface area contributed by atoms with Crippen LogP contribution in [0.15, 0.2) is 18.2 Å². The second-order valence-electron chi connectivity index (χ2n) is 5.37. The number of rotatable bonds is 2. The molecule has 0 aromatic heterocycles. The predicted molar refractivity (Wildman–Crippen MR) is 70.1 cm³/mol. The van der Waals surface area contributed by atoms with Crippen LogP contribution in [0, 0.1) is 5.92 Å². The Morgan fingerprint density at radius 1 is 1.26 bits per heavy atom. The Morgan fingerprint density at radius 3 is 2.84 bits per heavy atom. The molecule has 1 saturated heterocycles. The molecule has 1 amide bonds. The van der Waals surface area contributed by atoms with E-state index >= 15 is 0 Å². The first-order valence-electron chi connectivity index (χ1n) is 6.79. The van der Waals surface area contributed by atoms with Gasteiger partial charge in [0.05, 0.1) is 5.92 Å². The molecule has 0 unspecified atom stereocenters. The first-order chi connectivity index (χ1) is 9.16. The largest absolute Gasteiger partial charge is 0.481 e. The van der Waals surface area contributed by atoms with Gasteiger partial charge in [-0.3, -0.25) is 9.59 Å². The molecule has 3 rings (SSSR count). The number of nitrogens with zero attached hydrogens (tertiary/aromatic N) is 1. The summed E-state index contributed by atoms with van der Waals surface area (Å²) in [6, 6.07) is 5.89. The maximum Gasteiger partial charge on any atom is 0.308 e. The lowest BCUT2D eigenvalue weighted by molar-refractivity contribution is -0.141. The highest BCUT2D eigenvalue weighted by atomic mass is 16.4. The zero-order chi connectivity index (χ0) is 13.4. The van der Waals surface area contributed by atoms with Crippen LogP contribution in [-0.4, -0.2) is 35.0 Å². The first kappa shape index (κ1) is 12.2. The number of fused-ring (bicyclic) bond motifs is 1. The average molecular weight is 259 g/mol. The minimum absolute atomic E-state index is 0.00231. The molecule has 0 spiro atoms. The molecule has 1 aromatic carbocycles. The van der Waals surface area contributed by atoms with Gasteiger partial charge in [0.2, 0.25) is 0 Å². The van der Waals surface area contributed by atoms with Crippen molar-refractivity contribution in [2.45, 2.75) is 25.7 Å². The lowest BCUT2D eigenvalue weighted by atomic mass is 10.0. The van der Waals surface area contributed by atoms with Crippen molar-refractivity contribution in [3.8, 4) is 0 Å². The van der Waals surface area contributed by atoms with Crippen LogP contribution in [0.1, 0.15) is 34.3 Å². The average Bonchev–Trinajstić information content (AvgIpc) is 3.06. The molecule has 1 aliphatic heterocycles. The summed E-state index contributed by atoms with van der Waals surface area (Å²) in [6.07, 6.45) is 3.69. The number of benzene rings is 1. The zero-order valence-corrected chi connectivity index (χ0v) is 10.8. The van der Waals surface area contributed by atoms with E-state index in [0.29, 0.717) is 19.5 Å². The number of carbonyl (C=O) groups excluding carboxylic acids is 1. The van der Waals surface area contributed by atoms with Crippen LogP contribution >= 0.6 is 0 Å². The van der Waals surface area contributed by atoms with Gasteiger partial charge in [0.1, 0.15) is 0 Å². The molecular formula is C15H17NO3. The van der Waals surface area contributed by atoms with Gasteiger partial charge in [0.15, 0.2) is 0 Å². The molecule has 1 atom stereocenters. The lowest BCUT2D eigenvalue weighted by Gasteiger charge is -2.18. The van der Waals surface area contributed by atoms with E-state index in [2.05, 4.69) is 6.07 Å². The van der Waals surface area contributed by atoms with Crippen molar-refractivity contribution < 1.29 is 14.7 Å². The van der Waals surface area contributed by atoms with E-state index < -0.39 is 11.9 Å².